The van der Waals surface area contributed by atoms with E-state index in [1.165, 1.54) is 11.1 Å². The summed E-state index contributed by atoms with van der Waals surface area (Å²) >= 11 is 0. The van der Waals surface area contributed by atoms with Gasteiger partial charge in [-0.25, -0.2) is 0 Å². The first-order chi connectivity index (χ1) is 7.84. The van der Waals surface area contributed by atoms with E-state index in [0.29, 0.717) is 0 Å². The summed E-state index contributed by atoms with van der Waals surface area (Å²) in [5.41, 5.74) is 3.56. The molecule has 1 aliphatic rings. The van der Waals surface area contributed by atoms with Crippen molar-refractivity contribution in [2.75, 3.05) is 0 Å². The quantitative estimate of drug-likeness (QED) is 0.723. The molecule has 0 saturated carbocycles. The highest BCUT2D eigenvalue weighted by Gasteiger charge is 2.25. The Morgan fingerprint density at radius 1 is 1.19 bits per heavy atom. The summed E-state index contributed by atoms with van der Waals surface area (Å²) in [5, 5.41) is 0. The number of ether oxygens (including phenoxy) is 1. The van der Waals surface area contributed by atoms with Crippen LogP contribution in [0.1, 0.15) is 22.9 Å². The Kier molecular flexibility index (Phi) is 2.13. The second-order valence-electron chi connectivity index (χ2n) is 4.09. The van der Waals surface area contributed by atoms with Crippen molar-refractivity contribution >= 4 is 0 Å². The summed E-state index contributed by atoms with van der Waals surface area (Å²) in [4.78, 5) is 4.30. The highest BCUT2D eigenvalue weighted by Crippen LogP contribution is 2.37. The van der Waals surface area contributed by atoms with Gasteiger partial charge in [-0.15, -0.1) is 0 Å². The minimum atomic E-state index is 0.152. The Balaban J connectivity index is 1.94. The first-order valence-corrected chi connectivity index (χ1v) is 5.50. The van der Waals surface area contributed by atoms with Crippen molar-refractivity contribution in [2.24, 2.45) is 0 Å². The third kappa shape index (κ3) is 1.47. The lowest BCUT2D eigenvalue weighted by Crippen LogP contribution is -2.02. The van der Waals surface area contributed by atoms with Gasteiger partial charge in [0, 0.05) is 23.9 Å². The number of rotatable bonds is 1. The normalized spacial score (nSPS) is 17.9. The van der Waals surface area contributed by atoms with Crippen LogP contribution in [0.25, 0.3) is 0 Å². The van der Waals surface area contributed by atoms with Gasteiger partial charge in [0.1, 0.15) is 11.9 Å². The van der Waals surface area contributed by atoms with Gasteiger partial charge in [0.15, 0.2) is 0 Å². The molecule has 2 heteroatoms. The maximum Gasteiger partial charge on any atom is 0.128 e. The maximum atomic E-state index is 5.93. The number of benzene rings is 1. The predicted octanol–water partition coefficient (Wildman–Crippen LogP) is 3.07. The number of aromatic nitrogens is 1. The van der Waals surface area contributed by atoms with Gasteiger partial charge in [0.2, 0.25) is 0 Å². The highest BCUT2D eigenvalue weighted by atomic mass is 16.5. The van der Waals surface area contributed by atoms with Crippen molar-refractivity contribution in [3.8, 4) is 5.75 Å². The molecule has 16 heavy (non-hydrogen) atoms. The van der Waals surface area contributed by atoms with E-state index in [-0.39, 0.29) is 6.10 Å². The van der Waals surface area contributed by atoms with Crippen LogP contribution in [0.15, 0.2) is 42.6 Å². The molecule has 1 unspecified atom stereocenters. The van der Waals surface area contributed by atoms with Crippen LogP contribution in [0, 0.1) is 6.92 Å². The van der Waals surface area contributed by atoms with Crippen molar-refractivity contribution in [1.29, 1.82) is 0 Å². The molecule has 1 aliphatic heterocycles. The van der Waals surface area contributed by atoms with Gasteiger partial charge in [-0.05, 0) is 18.6 Å². The van der Waals surface area contributed by atoms with Crippen LogP contribution in [0.5, 0.6) is 5.75 Å². The van der Waals surface area contributed by atoms with Crippen LogP contribution < -0.4 is 4.74 Å². The molecule has 0 radical (unpaired) electrons. The number of nitrogens with zero attached hydrogens (tertiary/aromatic N) is 1. The fourth-order valence-corrected chi connectivity index (χ4v) is 2.17. The molecule has 0 spiro atoms. The third-order valence-electron chi connectivity index (χ3n) is 3.06. The minimum absolute atomic E-state index is 0.152. The van der Waals surface area contributed by atoms with Crippen LogP contribution in [-0.4, -0.2) is 4.98 Å². The molecule has 0 amide bonds. The number of hydrogen-bond donors (Lipinski definition) is 0. The Bertz CT molecular complexity index is 507. The maximum absolute atomic E-state index is 5.93. The summed E-state index contributed by atoms with van der Waals surface area (Å²) in [5.74, 6) is 0.987. The molecule has 1 atom stereocenters. The molecule has 0 saturated heterocycles. The molecule has 2 nitrogen and oxygen atoms in total. The molecule has 0 aliphatic carbocycles. The van der Waals surface area contributed by atoms with E-state index in [1.807, 2.05) is 37.4 Å². The molecule has 1 aromatic carbocycles. The van der Waals surface area contributed by atoms with Crippen molar-refractivity contribution in [1.82, 2.24) is 4.98 Å². The first-order valence-electron chi connectivity index (χ1n) is 5.50. The molecule has 0 bridgehead atoms. The predicted molar refractivity (Wildman–Crippen MR) is 62.5 cm³/mol. The van der Waals surface area contributed by atoms with Crippen LogP contribution in [0.4, 0.5) is 0 Å². The molecule has 0 N–H and O–H groups in total. The largest absolute Gasteiger partial charge is 0.485 e. The molecule has 2 aromatic rings. The topological polar surface area (TPSA) is 22.1 Å². The zero-order valence-corrected chi connectivity index (χ0v) is 9.18. The number of aryl methyl sites for hydroxylation is 1. The number of hydrogen-bond acceptors (Lipinski definition) is 2. The van der Waals surface area contributed by atoms with E-state index in [1.54, 1.807) is 0 Å². The Hall–Kier alpha value is -1.83. The number of fused-ring (bicyclic) bond motifs is 1. The second kappa shape index (κ2) is 3.63. The van der Waals surface area contributed by atoms with Crippen LogP contribution >= 0.6 is 0 Å². The summed E-state index contributed by atoms with van der Waals surface area (Å²) < 4.78 is 5.93. The first kappa shape index (κ1) is 9.40. The average Bonchev–Trinajstić information content (AvgIpc) is 2.76. The summed E-state index contributed by atoms with van der Waals surface area (Å²) in [6.07, 6.45) is 2.89. The van der Waals surface area contributed by atoms with E-state index < -0.39 is 0 Å². The lowest BCUT2D eigenvalue weighted by Gasteiger charge is -2.10. The van der Waals surface area contributed by atoms with Gasteiger partial charge in [-0.2, -0.15) is 0 Å². The fourth-order valence-electron chi connectivity index (χ4n) is 2.17. The van der Waals surface area contributed by atoms with Crippen LogP contribution in [0.3, 0.4) is 0 Å². The average molecular weight is 211 g/mol. The van der Waals surface area contributed by atoms with Crippen molar-refractivity contribution in [3.05, 3.63) is 59.4 Å². The van der Waals surface area contributed by atoms with Crippen molar-refractivity contribution in [2.45, 2.75) is 19.4 Å². The van der Waals surface area contributed by atoms with Crippen LogP contribution in [-0.2, 0) is 6.42 Å². The van der Waals surface area contributed by atoms with Crippen molar-refractivity contribution < 1.29 is 4.74 Å². The third-order valence-corrected chi connectivity index (χ3v) is 3.06. The molecule has 2 heterocycles. The fraction of sp³-hybridized carbons (Fsp3) is 0.214. The molecule has 3 rings (SSSR count). The zero-order valence-electron chi connectivity index (χ0n) is 9.18. The Labute approximate surface area is 94.9 Å². The van der Waals surface area contributed by atoms with Gasteiger partial charge in [-0.1, -0.05) is 30.3 Å². The Morgan fingerprint density at radius 3 is 2.75 bits per heavy atom. The van der Waals surface area contributed by atoms with Gasteiger partial charge in [-0.3, -0.25) is 4.98 Å². The van der Waals surface area contributed by atoms with E-state index in [4.69, 9.17) is 4.74 Å². The lowest BCUT2D eigenvalue weighted by atomic mass is 10.0. The summed E-state index contributed by atoms with van der Waals surface area (Å²) in [6, 6.07) is 12.3. The van der Waals surface area contributed by atoms with E-state index in [2.05, 4.69) is 17.1 Å². The minimum Gasteiger partial charge on any atom is -0.485 e. The van der Waals surface area contributed by atoms with Gasteiger partial charge in [0.05, 0.1) is 0 Å². The molecule has 1 aromatic heterocycles. The SMILES string of the molecule is Cc1nccc2c1CC(c1ccccc1)O2. The summed E-state index contributed by atoms with van der Waals surface area (Å²) in [6.45, 7) is 2.04. The summed E-state index contributed by atoms with van der Waals surface area (Å²) in [7, 11) is 0. The Morgan fingerprint density at radius 2 is 2.00 bits per heavy atom. The van der Waals surface area contributed by atoms with E-state index >= 15 is 0 Å². The van der Waals surface area contributed by atoms with Gasteiger partial charge < -0.3 is 4.74 Å². The highest BCUT2D eigenvalue weighted by molar-refractivity contribution is 5.41. The second-order valence-corrected chi connectivity index (χ2v) is 4.09. The standard InChI is InChI=1S/C14H13NO/c1-10-12-9-14(11-5-3-2-4-6-11)16-13(12)7-8-15-10/h2-8,14H,9H2,1H3. The van der Waals surface area contributed by atoms with E-state index in [9.17, 15) is 0 Å². The molecule has 0 fully saturated rings. The van der Waals surface area contributed by atoms with Crippen LogP contribution in [0.2, 0.25) is 0 Å². The van der Waals surface area contributed by atoms with Gasteiger partial charge >= 0.3 is 0 Å². The molecule has 80 valence electrons. The van der Waals surface area contributed by atoms with Gasteiger partial charge in [0.25, 0.3) is 0 Å². The van der Waals surface area contributed by atoms with Crippen molar-refractivity contribution in [3.63, 3.8) is 0 Å². The lowest BCUT2D eigenvalue weighted by molar-refractivity contribution is 0.238. The number of pyridine rings is 1. The van der Waals surface area contributed by atoms with E-state index in [0.717, 1.165) is 17.9 Å². The zero-order chi connectivity index (χ0) is 11.0. The molecular weight excluding hydrogens is 198 g/mol. The monoisotopic (exact) mass is 211 g/mol. The molecular formula is C14H13NO. The smallest absolute Gasteiger partial charge is 0.128 e.